The van der Waals surface area contributed by atoms with E-state index in [1.165, 1.54) is 22.0 Å². The third-order valence-electron chi connectivity index (χ3n) is 2.78. The highest BCUT2D eigenvalue weighted by Crippen LogP contribution is 2.30. The third-order valence-corrected chi connectivity index (χ3v) is 3.79. The molecule has 2 aromatic rings. The molecule has 0 saturated carbocycles. The van der Waals surface area contributed by atoms with Crippen molar-refractivity contribution in [3.63, 3.8) is 0 Å². The van der Waals surface area contributed by atoms with Gasteiger partial charge in [-0.15, -0.1) is 0 Å². The summed E-state index contributed by atoms with van der Waals surface area (Å²) in [4.78, 5) is 0. The SMILES string of the molecule is Cc1ccc2c(CCN)c(Br)n(C)c2c1. The molecular weight excluding hydrogens is 252 g/mol. The number of rotatable bonds is 2. The lowest BCUT2D eigenvalue weighted by Crippen LogP contribution is -2.02. The van der Waals surface area contributed by atoms with Crippen molar-refractivity contribution in [2.45, 2.75) is 13.3 Å². The van der Waals surface area contributed by atoms with Gasteiger partial charge in [0.1, 0.15) is 0 Å². The smallest absolute Gasteiger partial charge is 0.0887 e. The zero-order valence-corrected chi connectivity index (χ0v) is 10.6. The van der Waals surface area contributed by atoms with E-state index >= 15 is 0 Å². The van der Waals surface area contributed by atoms with Crippen molar-refractivity contribution >= 4 is 26.8 Å². The Labute approximate surface area is 98.2 Å². The molecule has 80 valence electrons. The number of hydrogen-bond donors (Lipinski definition) is 1. The van der Waals surface area contributed by atoms with E-state index < -0.39 is 0 Å². The van der Waals surface area contributed by atoms with Gasteiger partial charge >= 0.3 is 0 Å². The maximum absolute atomic E-state index is 5.63. The molecule has 0 spiro atoms. The van der Waals surface area contributed by atoms with Gasteiger partial charge in [0.25, 0.3) is 0 Å². The Balaban J connectivity index is 2.75. The summed E-state index contributed by atoms with van der Waals surface area (Å²) >= 11 is 3.63. The molecule has 0 aliphatic rings. The number of fused-ring (bicyclic) bond motifs is 1. The quantitative estimate of drug-likeness (QED) is 0.891. The van der Waals surface area contributed by atoms with Gasteiger partial charge in [0, 0.05) is 18.0 Å². The Morgan fingerprint density at radius 1 is 1.40 bits per heavy atom. The van der Waals surface area contributed by atoms with Crippen LogP contribution < -0.4 is 5.73 Å². The molecule has 0 aliphatic heterocycles. The molecule has 0 bridgehead atoms. The topological polar surface area (TPSA) is 30.9 Å². The van der Waals surface area contributed by atoms with E-state index in [4.69, 9.17) is 5.73 Å². The van der Waals surface area contributed by atoms with Gasteiger partial charge in [0.2, 0.25) is 0 Å². The predicted molar refractivity (Wildman–Crippen MR) is 68.1 cm³/mol. The van der Waals surface area contributed by atoms with Crippen LogP contribution in [-0.4, -0.2) is 11.1 Å². The highest BCUT2D eigenvalue weighted by atomic mass is 79.9. The third kappa shape index (κ3) is 1.70. The molecule has 0 saturated heterocycles. The summed E-state index contributed by atoms with van der Waals surface area (Å²) in [5.74, 6) is 0. The van der Waals surface area contributed by atoms with Crippen LogP contribution in [0.2, 0.25) is 0 Å². The number of aromatic nitrogens is 1. The molecule has 0 amide bonds. The van der Waals surface area contributed by atoms with Gasteiger partial charge in [-0.05, 0) is 53.0 Å². The molecular formula is C12H15BrN2. The van der Waals surface area contributed by atoms with Gasteiger partial charge in [-0.1, -0.05) is 12.1 Å². The molecule has 0 aliphatic carbocycles. The Morgan fingerprint density at radius 2 is 2.13 bits per heavy atom. The lowest BCUT2D eigenvalue weighted by atomic mass is 10.1. The summed E-state index contributed by atoms with van der Waals surface area (Å²) in [5, 5.41) is 1.31. The van der Waals surface area contributed by atoms with Crippen molar-refractivity contribution in [2.75, 3.05) is 6.54 Å². The lowest BCUT2D eigenvalue weighted by molar-refractivity contribution is 0.902. The van der Waals surface area contributed by atoms with Crippen molar-refractivity contribution in [1.82, 2.24) is 4.57 Å². The number of hydrogen-bond acceptors (Lipinski definition) is 1. The lowest BCUT2D eigenvalue weighted by Gasteiger charge is -1.97. The van der Waals surface area contributed by atoms with Crippen LogP contribution in [0.15, 0.2) is 22.8 Å². The zero-order chi connectivity index (χ0) is 11.0. The second-order valence-electron chi connectivity index (χ2n) is 3.89. The first-order chi connectivity index (χ1) is 7.15. The first-order valence-electron chi connectivity index (χ1n) is 5.08. The van der Waals surface area contributed by atoms with Crippen molar-refractivity contribution in [1.29, 1.82) is 0 Å². The first-order valence-corrected chi connectivity index (χ1v) is 5.88. The number of nitrogens with two attached hydrogens (primary N) is 1. The average Bonchev–Trinajstić information content (AvgIpc) is 2.44. The summed E-state index contributed by atoms with van der Waals surface area (Å²) in [6.45, 7) is 2.80. The van der Waals surface area contributed by atoms with E-state index in [0.717, 1.165) is 11.0 Å². The minimum atomic E-state index is 0.686. The highest BCUT2D eigenvalue weighted by Gasteiger charge is 2.11. The van der Waals surface area contributed by atoms with E-state index in [2.05, 4.69) is 52.7 Å². The maximum atomic E-state index is 5.63. The molecule has 0 atom stereocenters. The van der Waals surface area contributed by atoms with Gasteiger partial charge in [-0.25, -0.2) is 0 Å². The van der Waals surface area contributed by atoms with Crippen LogP contribution in [0.25, 0.3) is 10.9 Å². The van der Waals surface area contributed by atoms with E-state index in [0.29, 0.717) is 6.54 Å². The molecule has 2 nitrogen and oxygen atoms in total. The molecule has 15 heavy (non-hydrogen) atoms. The minimum Gasteiger partial charge on any atom is -0.338 e. The normalized spacial score (nSPS) is 11.2. The van der Waals surface area contributed by atoms with Crippen molar-refractivity contribution < 1.29 is 0 Å². The van der Waals surface area contributed by atoms with E-state index in [1.54, 1.807) is 0 Å². The molecule has 0 fully saturated rings. The fraction of sp³-hybridized carbons (Fsp3) is 0.333. The van der Waals surface area contributed by atoms with Gasteiger partial charge in [-0.2, -0.15) is 0 Å². The van der Waals surface area contributed by atoms with Crippen LogP contribution in [0.1, 0.15) is 11.1 Å². The van der Waals surface area contributed by atoms with Gasteiger partial charge in [0.15, 0.2) is 0 Å². The second-order valence-corrected chi connectivity index (χ2v) is 4.64. The Hall–Kier alpha value is -0.800. The van der Waals surface area contributed by atoms with Crippen molar-refractivity contribution in [2.24, 2.45) is 12.8 Å². The van der Waals surface area contributed by atoms with Crippen molar-refractivity contribution in [3.05, 3.63) is 33.9 Å². The van der Waals surface area contributed by atoms with Gasteiger partial charge in [0.05, 0.1) is 4.60 Å². The van der Waals surface area contributed by atoms with Crippen LogP contribution in [-0.2, 0) is 13.5 Å². The van der Waals surface area contributed by atoms with Crippen molar-refractivity contribution in [3.8, 4) is 0 Å². The van der Waals surface area contributed by atoms with Gasteiger partial charge in [-0.3, -0.25) is 0 Å². The second kappa shape index (κ2) is 3.99. The molecule has 3 heteroatoms. The Bertz CT molecular complexity index is 500. The van der Waals surface area contributed by atoms with E-state index in [9.17, 15) is 0 Å². The summed E-state index contributed by atoms with van der Waals surface area (Å²) in [7, 11) is 2.08. The minimum absolute atomic E-state index is 0.686. The molecule has 0 unspecified atom stereocenters. The predicted octanol–water partition coefficient (Wildman–Crippen LogP) is 2.75. The van der Waals surface area contributed by atoms with Crippen LogP contribution in [0.3, 0.4) is 0 Å². The first kappa shape index (κ1) is 10.7. The summed E-state index contributed by atoms with van der Waals surface area (Å²) < 4.78 is 3.32. The Morgan fingerprint density at radius 3 is 2.80 bits per heavy atom. The van der Waals surface area contributed by atoms with Crippen LogP contribution in [0, 0.1) is 6.92 Å². The maximum Gasteiger partial charge on any atom is 0.0887 e. The average molecular weight is 267 g/mol. The molecule has 1 aromatic carbocycles. The van der Waals surface area contributed by atoms with Gasteiger partial charge < -0.3 is 10.3 Å². The van der Waals surface area contributed by atoms with E-state index in [-0.39, 0.29) is 0 Å². The monoisotopic (exact) mass is 266 g/mol. The molecule has 2 rings (SSSR count). The fourth-order valence-corrected chi connectivity index (χ4v) is 2.58. The number of aryl methyl sites for hydroxylation is 2. The van der Waals surface area contributed by atoms with E-state index in [1.807, 2.05) is 0 Å². The standard InChI is InChI=1S/C12H15BrN2/c1-8-3-4-9-10(5-6-14)12(13)15(2)11(9)7-8/h3-4,7H,5-6,14H2,1-2H3. The highest BCUT2D eigenvalue weighted by molar-refractivity contribution is 9.10. The molecule has 1 aromatic heterocycles. The summed E-state index contributed by atoms with van der Waals surface area (Å²) in [6.07, 6.45) is 0.918. The number of benzene rings is 1. The zero-order valence-electron chi connectivity index (χ0n) is 9.05. The summed E-state index contributed by atoms with van der Waals surface area (Å²) in [5.41, 5.74) is 9.50. The summed E-state index contributed by atoms with van der Waals surface area (Å²) in [6, 6.07) is 6.54. The molecule has 0 radical (unpaired) electrons. The largest absolute Gasteiger partial charge is 0.338 e. The molecule has 1 heterocycles. The Kier molecular flexibility index (Phi) is 2.85. The molecule has 2 N–H and O–H groups in total. The fourth-order valence-electron chi connectivity index (χ4n) is 1.98. The van der Waals surface area contributed by atoms with Crippen LogP contribution >= 0.6 is 15.9 Å². The van der Waals surface area contributed by atoms with Crippen LogP contribution in [0.4, 0.5) is 0 Å². The number of halogens is 1. The van der Waals surface area contributed by atoms with Crippen LogP contribution in [0.5, 0.6) is 0 Å². The number of nitrogens with zero attached hydrogens (tertiary/aromatic N) is 1.